The van der Waals surface area contributed by atoms with E-state index in [2.05, 4.69) is 50.7 Å². The number of methoxy groups -OCH3 is 2. The van der Waals surface area contributed by atoms with Crippen molar-refractivity contribution in [2.75, 3.05) is 19.1 Å². The lowest BCUT2D eigenvalue weighted by atomic mass is 10.0. The Balaban J connectivity index is 1.30. The second-order valence-electron chi connectivity index (χ2n) is 9.73. The molecule has 9 heteroatoms. The molecule has 0 aliphatic heterocycles. The number of nitrogens with one attached hydrogen (secondary N) is 1. The first-order valence-corrected chi connectivity index (χ1v) is 13.1. The first-order valence-electron chi connectivity index (χ1n) is 13.1. The van der Waals surface area contributed by atoms with Gasteiger partial charge in [-0.2, -0.15) is 0 Å². The van der Waals surface area contributed by atoms with Crippen molar-refractivity contribution in [3.63, 3.8) is 0 Å². The zero-order valence-corrected chi connectivity index (χ0v) is 22.3. The molecular formula is C31H29N5O4. The van der Waals surface area contributed by atoms with E-state index in [0.717, 1.165) is 63.3 Å². The number of hydrogen-bond acceptors (Lipinski definition) is 8. The smallest absolute Gasteiger partial charge is 0.290 e. The lowest BCUT2D eigenvalue weighted by Crippen LogP contribution is -2.26. The Morgan fingerprint density at radius 1 is 1.00 bits per heavy atom. The van der Waals surface area contributed by atoms with Crippen molar-refractivity contribution >= 4 is 22.6 Å². The number of carbonyl (C=O) groups excluding carboxylic acids is 1. The lowest BCUT2D eigenvalue weighted by molar-refractivity contribution is 0.0914. The van der Waals surface area contributed by atoms with Crippen LogP contribution in [0.15, 0.2) is 83.8 Å². The Morgan fingerprint density at radius 2 is 1.88 bits per heavy atom. The molecule has 1 aliphatic carbocycles. The molecule has 6 rings (SSSR count). The summed E-state index contributed by atoms with van der Waals surface area (Å²) in [4.78, 5) is 23.9. The minimum absolute atomic E-state index is 0.186. The van der Waals surface area contributed by atoms with E-state index in [0.29, 0.717) is 19.1 Å². The zero-order valence-electron chi connectivity index (χ0n) is 22.3. The molecule has 202 valence electrons. The molecule has 1 fully saturated rings. The molecule has 1 amide bonds. The van der Waals surface area contributed by atoms with Crippen molar-refractivity contribution in [1.29, 1.82) is 0 Å². The predicted molar refractivity (Wildman–Crippen MR) is 151 cm³/mol. The summed E-state index contributed by atoms with van der Waals surface area (Å²) < 4.78 is 16.0. The summed E-state index contributed by atoms with van der Waals surface area (Å²) in [5, 5.41) is 7.45. The Bertz CT molecular complexity index is 1650. The van der Waals surface area contributed by atoms with Crippen molar-refractivity contribution in [3.8, 4) is 22.6 Å². The number of aromatic nitrogens is 3. The van der Waals surface area contributed by atoms with Gasteiger partial charge < -0.3 is 24.2 Å². The van der Waals surface area contributed by atoms with E-state index in [-0.39, 0.29) is 11.7 Å². The molecule has 0 unspecified atom stereocenters. The number of carbonyl (C=O) groups is 1. The molecule has 0 bridgehead atoms. The Kier molecular flexibility index (Phi) is 7.01. The molecule has 5 aromatic rings. The summed E-state index contributed by atoms with van der Waals surface area (Å²) in [7, 11) is 3.33. The first kappa shape index (κ1) is 25.4. The summed E-state index contributed by atoms with van der Waals surface area (Å²) in [6.45, 7) is 1.03. The van der Waals surface area contributed by atoms with Crippen LogP contribution in [0.2, 0.25) is 0 Å². The van der Waals surface area contributed by atoms with Gasteiger partial charge in [0.15, 0.2) is 0 Å². The van der Waals surface area contributed by atoms with Crippen LogP contribution in [0.4, 0.5) is 5.82 Å². The number of hydrogen-bond donors (Lipinski definition) is 1. The van der Waals surface area contributed by atoms with Gasteiger partial charge in [0.05, 0.1) is 25.9 Å². The molecule has 40 heavy (non-hydrogen) atoms. The maximum absolute atomic E-state index is 12.3. The predicted octanol–water partition coefficient (Wildman–Crippen LogP) is 5.40. The summed E-state index contributed by atoms with van der Waals surface area (Å²) in [5.41, 5.74) is 5.01. The second kappa shape index (κ2) is 11.1. The van der Waals surface area contributed by atoms with E-state index in [9.17, 15) is 4.79 Å². The van der Waals surface area contributed by atoms with E-state index >= 15 is 0 Å². The van der Waals surface area contributed by atoms with E-state index in [4.69, 9.17) is 19.0 Å². The van der Waals surface area contributed by atoms with E-state index < -0.39 is 0 Å². The summed E-state index contributed by atoms with van der Waals surface area (Å²) in [6, 6.07) is 22.2. The monoisotopic (exact) mass is 535 g/mol. The van der Waals surface area contributed by atoms with Gasteiger partial charge in [-0.1, -0.05) is 29.4 Å². The molecule has 9 nitrogen and oxygen atoms in total. The molecule has 3 aromatic carbocycles. The van der Waals surface area contributed by atoms with Gasteiger partial charge in [-0.25, -0.2) is 9.97 Å². The number of anilines is 1. The Labute approximate surface area is 231 Å². The molecule has 0 radical (unpaired) electrons. The van der Waals surface area contributed by atoms with Crippen molar-refractivity contribution in [2.24, 2.45) is 0 Å². The molecular weight excluding hydrogens is 506 g/mol. The zero-order chi connectivity index (χ0) is 27.5. The van der Waals surface area contributed by atoms with Gasteiger partial charge in [0.2, 0.25) is 5.76 Å². The van der Waals surface area contributed by atoms with Gasteiger partial charge in [-0.05, 0) is 59.9 Å². The second-order valence-corrected chi connectivity index (χ2v) is 9.73. The fraction of sp³-hybridized carbons (Fsp3) is 0.226. The molecule has 1 N–H and O–H groups in total. The number of rotatable bonds is 10. The van der Waals surface area contributed by atoms with Gasteiger partial charge in [0, 0.05) is 42.2 Å². The van der Waals surface area contributed by atoms with Crippen LogP contribution < -0.4 is 19.7 Å². The van der Waals surface area contributed by atoms with E-state index in [1.807, 2.05) is 30.3 Å². The van der Waals surface area contributed by atoms with Crippen LogP contribution in [0.25, 0.3) is 22.0 Å². The third-order valence-corrected chi connectivity index (χ3v) is 7.08. The minimum atomic E-state index is -0.302. The summed E-state index contributed by atoms with van der Waals surface area (Å²) in [6.07, 6.45) is 5.32. The number of nitrogens with zero attached hydrogens (tertiary/aromatic N) is 4. The van der Waals surface area contributed by atoms with Gasteiger partial charge in [0.25, 0.3) is 5.91 Å². The summed E-state index contributed by atoms with van der Waals surface area (Å²) in [5.74, 6) is 2.34. The van der Waals surface area contributed by atoms with E-state index in [1.54, 1.807) is 20.5 Å². The average Bonchev–Trinajstić information content (AvgIpc) is 3.70. The SMILES string of the molecule is COc1ccc(CN(c2ncnc3ccc(-c4cccc(CNC(=O)c5ccno5)c4)cc23)C2CC2)c(OC)c1. The molecule has 1 saturated carbocycles. The Morgan fingerprint density at radius 3 is 2.65 bits per heavy atom. The van der Waals surface area contributed by atoms with Crippen molar-refractivity contribution in [1.82, 2.24) is 20.4 Å². The van der Waals surface area contributed by atoms with Crippen molar-refractivity contribution in [2.45, 2.75) is 32.0 Å². The molecule has 2 heterocycles. The topological polar surface area (TPSA) is 103 Å². The number of fused-ring (bicyclic) bond motifs is 1. The van der Waals surface area contributed by atoms with Crippen LogP contribution in [0.1, 0.15) is 34.5 Å². The Hall–Kier alpha value is -4.92. The highest BCUT2D eigenvalue weighted by atomic mass is 16.5. The van der Waals surface area contributed by atoms with Gasteiger partial charge in [-0.15, -0.1) is 0 Å². The standard InChI is InChI=1S/C31H29N5O4/c1-38-25-10-6-23(29(16-25)39-2)18-36(24-8-9-24)30-26-15-22(7-11-27(26)33-19-34-30)21-5-3-4-20(14-21)17-32-31(37)28-12-13-35-40-28/h3-7,10-16,19,24H,8-9,17-18H2,1-2H3,(H,32,37). The minimum Gasteiger partial charge on any atom is -0.497 e. The van der Waals surface area contributed by atoms with Crippen LogP contribution >= 0.6 is 0 Å². The molecule has 0 atom stereocenters. The third kappa shape index (κ3) is 5.31. The maximum atomic E-state index is 12.3. The van der Waals surface area contributed by atoms with Crippen LogP contribution in [-0.4, -0.2) is 41.3 Å². The number of benzene rings is 3. The van der Waals surface area contributed by atoms with E-state index in [1.165, 1.54) is 12.3 Å². The van der Waals surface area contributed by atoms with Crippen LogP contribution in [0.3, 0.4) is 0 Å². The van der Waals surface area contributed by atoms with Crippen LogP contribution in [0.5, 0.6) is 11.5 Å². The lowest BCUT2D eigenvalue weighted by Gasteiger charge is -2.26. The fourth-order valence-corrected chi connectivity index (χ4v) is 4.84. The summed E-state index contributed by atoms with van der Waals surface area (Å²) >= 11 is 0. The van der Waals surface area contributed by atoms with Gasteiger partial charge in [0.1, 0.15) is 23.6 Å². The quantitative estimate of drug-likeness (QED) is 0.254. The van der Waals surface area contributed by atoms with Crippen molar-refractivity contribution in [3.05, 3.63) is 96.1 Å². The van der Waals surface area contributed by atoms with Crippen molar-refractivity contribution < 1.29 is 18.8 Å². The normalized spacial score (nSPS) is 12.8. The van der Waals surface area contributed by atoms with Gasteiger partial charge >= 0.3 is 0 Å². The highest BCUT2D eigenvalue weighted by Crippen LogP contribution is 2.38. The van der Waals surface area contributed by atoms with Gasteiger partial charge in [-0.3, -0.25) is 4.79 Å². The maximum Gasteiger partial charge on any atom is 0.290 e. The molecule has 0 spiro atoms. The molecule has 2 aromatic heterocycles. The van der Waals surface area contributed by atoms with Crippen LogP contribution in [0, 0.1) is 0 Å². The number of ether oxygens (including phenoxy) is 2. The third-order valence-electron chi connectivity index (χ3n) is 7.08. The molecule has 1 aliphatic rings. The first-order chi connectivity index (χ1) is 19.6. The fourth-order valence-electron chi connectivity index (χ4n) is 4.84. The number of amides is 1. The highest BCUT2D eigenvalue weighted by molar-refractivity contribution is 5.93. The van der Waals surface area contributed by atoms with Crippen LogP contribution in [-0.2, 0) is 13.1 Å². The largest absolute Gasteiger partial charge is 0.497 e. The average molecular weight is 536 g/mol. The molecule has 0 saturated heterocycles. The highest BCUT2D eigenvalue weighted by Gasteiger charge is 2.32.